The van der Waals surface area contributed by atoms with Crippen molar-refractivity contribution >= 4 is 46.4 Å². The highest BCUT2D eigenvalue weighted by atomic mass is 35.5. The van der Waals surface area contributed by atoms with Crippen molar-refractivity contribution in [3.05, 3.63) is 116 Å². The third-order valence-electron chi connectivity index (χ3n) is 9.31. The lowest BCUT2D eigenvalue weighted by Gasteiger charge is -2.49. The number of benzene rings is 3. The average molecular weight is 672 g/mol. The van der Waals surface area contributed by atoms with Crippen LogP contribution in [0.1, 0.15) is 76.0 Å². The molecule has 0 aromatic heterocycles. The molecule has 6 rings (SSSR count). The zero-order chi connectivity index (χ0) is 33.7. The normalized spacial score (nSPS) is 19.0. The number of hydrogen-bond acceptors (Lipinski definition) is 5. The summed E-state index contributed by atoms with van der Waals surface area (Å²) in [7, 11) is 0. The van der Waals surface area contributed by atoms with Crippen LogP contribution < -0.4 is 10.1 Å². The molecule has 0 fully saturated rings. The lowest BCUT2D eigenvalue weighted by atomic mass is 9.63. The van der Waals surface area contributed by atoms with Crippen molar-refractivity contribution in [2.75, 3.05) is 11.9 Å². The predicted octanol–water partition coefficient (Wildman–Crippen LogP) is 9.21. The highest BCUT2D eigenvalue weighted by Gasteiger charge is 2.49. The van der Waals surface area contributed by atoms with Gasteiger partial charge in [0.2, 0.25) is 0 Å². The number of carbonyl (C=O) groups excluding carboxylic acids is 3. The van der Waals surface area contributed by atoms with E-state index in [0.29, 0.717) is 52.0 Å². The van der Waals surface area contributed by atoms with E-state index < -0.39 is 5.92 Å². The first-order valence-corrected chi connectivity index (χ1v) is 16.8. The first kappa shape index (κ1) is 33.0. The van der Waals surface area contributed by atoms with Crippen LogP contribution in [0.5, 0.6) is 5.75 Å². The van der Waals surface area contributed by atoms with Gasteiger partial charge in [0.15, 0.2) is 18.2 Å². The van der Waals surface area contributed by atoms with E-state index in [9.17, 15) is 14.4 Å². The topological polar surface area (TPSA) is 75.7 Å². The fraction of sp³-hybridized carbons (Fsp3) is 0.359. The van der Waals surface area contributed by atoms with Crippen molar-refractivity contribution in [1.82, 2.24) is 4.90 Å². The molecule has 3 aromatic carbocycles. The van der Waals surface area contributed by atoms with E-state index in [1.165, 1.54) is 0 Å². The van der Waals surface area contributed by atoms with Crippen molar-refractivity contribution in [3.8, 4) is 5.75 Å². The lowest BCUT2D eigenvalue weighted by molar-refractivity contribution is -0.120. The van der Waals surface area contributed by atoms with Crippen molar-refractivity contribution in [1.29, 1.82) is 0 Å². The number of nitrogens with one attached hydrogen (secondary N) is 1. The van der Waals surface area contributed by atoms with Crippen LogP contribution in [0.3, 0.4) is 0 Å². The highest BCUT2D eigenvalue weighted by Crippen LogP contribution is 2.55. The maximum Gasteiger partial charge on any atom is 0.262 e. The molecule has 0 radical (unpaired) electrons. The number of carbonyl (C=O) groups is 3. The SMILES string of the molecule is Cc1ccc(NC(=O)COc2ccc(C3C4=C(CC(C)(C)CC4=O)N(Cc4ccccc4)C4=C3C(=O)CC(C)(C)C4)cc2Cl)cc1Cl. The Kier molecular flexibility index (Phi) is 8.88. The van der Waals surface area contributed by atoms with Gasteiger partial charge in [-0.15, -0.1) is 0 Å². The van der Waals surface area contributed by atoms with Crippen molar-refractivity contribution in [2.24, 2.45) is 10.8 Å². The summed E-state index contributed by atoms with van der Waals surface area (Å²) >= 11 is 13.0. The van der Waals surface area contributed by atoms with Crippen LogP contribution in [0.2, 0.25) is 10.0 Å². The van der Waals surface area contributed by atoms with Gasteiger partial charge in [0.05, 0.1) is 5.02 Å². The van der Waals surface area contributed by atoms with Crippen LogP contribution in [-0.4, -0.2) is 29.0 Å². The van der Waals surface area contributed by atoms with Gasteiger partial charge >= 0.3 is 0 Å². The smallest absolute Gasteiger partial charge is 0.262 e. The summed E-state index contributed by atoms with van der Waals surface area (Å²) in [6.45, 7) is 10.8. The van der Waals surface area contributed by atoms with Crippen LogP contribution in [0.4, 0.5) is 5.69 Å². The van der Waals surface area contributed by atoms with E-state index in [4.69, 9.17) is 27.9 Å². The molecule has 0 saturated carbocycles. The van der Waals surface area contributed by atoms with Gasteiger partial charge in [0.25, 0.3) is 5.91 Å². The number of ether oxygens (including phenoxy) is 1. The van der Waals surface area contributed by atoms with Crippen molar-refractivity contribution in [3.63, 3.8) is 0 Å². The molecule has 8 heteroatoms. The Morgan fingerprint density at radius 2 is 1.45 bits per heavy atom. The quantitative estimate of drug-likeness (QED) is 0.271. The number of ketones is 2. The summed E-state index contributed by atoms with van der Waals surface area (Å²) in [6.07, 6.45) is 2.25. The van der Waals surface area contributed by atoms with E-state index in [-0.39, 0.29) is 34.9 Å². The van der Waals surface area contributed by atoms with E-state index in [1.54, 1.807) is 24.3 Å². The average Bonchev–Trinajstić information content (AvgIpc) is 2.98. The Morgan fingerprint density at radius 1 is 0.830 bits per heavy atom. The molecule has 1 aliphatic heterocycles. The maximum atomic E-state index is 14.1. The van der Waals surface area contributed by atoms with E-state index in [1.807, 2.05) is 37.3 Å². The molecule has 0 unspecified atom stereocenters. The summed E-state index contributed by atoms with van der Waals surface area (Å²) in [4.78, 5) is 43.2. The Labute approximate surface area is 286 Å². The standard InChI is InChI=1S/C39H40Cl2N2O4/c1-23-11-13-26(16-27(23)40)42-34(46)22-47-33-14-12-25(15-28(33)41)35-36-29(17-38(2,3)19-31(36)44)43(21-24-9-7-6-8-10-24)30-18-39(4,5)20-32(45)37(30)35/h6-16,35H,17-22H2,1-5H3,(H,42,46). The second kappa shape index (κ2) is 12.6. The van der Waals surface area contributed by atoms with E-state index >= 15 is 0 Å². The van der Waals surface area contributed by atoms with Gasteiger partial charge in [-0.05, 0) is 71.6 Å². The molecule has 2 aliphatic carbocycles. The third kappa shape index (κ3) is 6.90. The van der Waals surface area contributed by atoms with Gasteiger partial charge < -0.3 is 15.0 Å². The number of amides is 1. The Morgan fingerprint density at radius 3 is 2.02 bits per heavy atom. The fourth-order valence-electron chi connectivity index (χ4n) is 7.16. The molecule has 1 heterocycles. The van der Waals surface area contributed by atoms with Gasteiger partial charge in [0, 0.05) is 58.6 Å². The zero-order valence-electron chi connectivity index (χ0n) is 27.5. The summed E-state index contributed by atoms with van der Waals surface area (Å²) < 4.78 is 5.82. The van der Waals surface area contributed by atoms with Gasteiger partial charge in [-0.1, -0.05) is 93.4 Å². The Bertz CT molecular complexity index is 1790. The first-order valence-electron chi connectivity index (χ1n) is 16.0. The number of Topliss-reactive ketones (excluding diaryl/α,β-unsaturated/α-hetero) is 2. The van der Waals surface area contributed by atoms with Crippen LogP contribution in [-0.2, 0) is 20.9 Å². The Hall–Kier alpha value is -3.87. The van der Waals surface area contributed by atoms with Crippen LogP contribution >= 0.6 is 23.2 Å². The molecule has 0 bridgehead atoms. The van der Waals surface area contributed by atoms with Crippen molar-refractivity contribution in [2.45, 2.75) is 72.8 Å². The molecule has 1 N–H and O–H groups in total. The summed E-state index contributed by atoms with van der Waals surface area (Å²) in [5.74, 6) is -0.420. The molecule has 0 spiro atoms. The minimum absolute atomic E-state index is 0.0628. The fourth-order valence-corrected chi connectivity index (χ4v) is 7.59. The zero-order valence-corrected chi connectivity index (χ0v) is 29.0. The number of rotatable bonds is 7. The largest absolute Gasteiger partial charge is 0.482 e. The number of aryl methyl sites for hydroxylation is 1. The minimum atomic E-state index is -0.527. The van der Waals surface area contributed by atoms with Crippen LogP contribution in [0.25, 0.3) is 0 Å². The molecule has 244 valence electrons. The van der Waals surface area contributed by atoms with Crippen LogP contribution in [0.15, 0.2) is 89.3 Å². The number of anilines is 1. The molecule has 6 nitrogen and oxygen atoms in total. The highest BCUT2D eigenvalue weighted by molar-refractivity contribution is 6.32. The molecular formula is C39H40Cl2N2O4. The van der Waals surface area contributed by atoms with Crippen LogP contribution in [0, 0.1) is 17.8 Å². The van der Waals surface area contributed by atoms with Gasteiger partial charge in [-0.2, -0.15) is 0 Å². The molecule has 3 aliphatic rings. The van der Waals surface area contributed by atoms with Gasteiger partial charge in [-0.25, -0.2) is 0 Å². The molecule has 0 saturated heterocycles. The molecule has 47 heavy (non-hydrogen) atoms. The summed E-state index contributed by atoms with van der Waals surface area (Å²) in [5.41, 5.74) is 6.30. The van der Waals surface area contributed by atoms with E-state index in [0.717, 1.165) is 40.9 Å². The number of nitrogens with zero attached hydrogens (tertiary/aromatic N) is 1. The van der Waals surface area contributed by atoms with Crippen molar-refractivity contribution < 1.29 is 19.1 Å². The molecule has 3 aromatic rings. The molecular weight excluding hydrogens is 631 g/mol. The lowest BCUT2D eigenvalue weighted by Crippen LogP contribution is -2.44. The van der Waals surface area contributed by atoms with E-state index in [2.05, 4.69) is 50.0 Å². The van der Waals surface area contributed by atoms with Gasteiger partial charge in [0.1, 0.15) is 5.75 Å². The Balaban J connectivity index is 1.36. The number of halogens is 2. The third-order valence-corrected chi connectivity index (χ3v) is 10.0. The van der Waals surface area contributed by atoms with Gasteiger partial charge in [-0.3, -0.25) is 14.4 Å². The number of hydrogen-bond donors (Lipinski definition) is 1. The monoisotopic (exact) mass is 670 g/mol. The first-order chi connectivity index (χ1) is 22.2. The molecule has 1 amide bonds. The maximum absolute atomic E-state index is 14.1. The molecule has 0 atom stereocenters. The second-order valence-electron chi connectivity index (χ2n) is 14.6. The second-order valence-corrected chi connectivity index (χ2v) is 15.4. The minimum Gasteiger partial charge on any atom is -0.482 e. The predicted molar refractivity (Wildman–Crippen MR) is 187 cm³/mol. The summed E-state index contributed by atoms with van der Waals surface area (Å²) in [5, 5.41) is 3.65. The number of allylic oxidation sites excluding steroid dienone is 4. The summed E-state index contributed by atoms with van der Waals surface area (Å²) in [6, 6.07) is 20.9.